The number of carbonyl (C=O) groups is 4. The summed E-state index contributed by atoms with van der Waals surface area (Å²) in [7, 11) is 0.177. The molecule has 3 rings (SSSR count). The van der Waals surface area contributed by atoms with E-state index in [2.05, 4.69) is 18.4 Å². The number of carbonyl (C=O) groups excluding carboxylic acids is 4. The van der Waals surface area contributed by atoms with Gasteiger partial charge >= 0.3 is 6.09 Å². The molecule has 2 saturated heterocycles. The highest BCUT2D eigenvalue weighted by atomic mass is 28.4. The molecule has 0 radical (unpaired) electrons. The summed E-state index contributed by atoms with van der Waals surface area (Å²) in [5.74, 6) is -0.142. The van der Waals surface area contributed by atoms with Gasteiger partial charge in [-0.05, 0) is 76.6 Å². The number of benzene rings is 1. The van der Waals surface area contributed by atoms with E-state index in [-0.39, 0.29) is 24.3 Å². The summed E-state index contributed by atoms with van der Waals surface area (Å²) >= 11 is 0. The molecule has 2 aliphatic heterocycles. The lowest BCUT2D eigenvalue weighted by Crippen LogP contribution is -2.53. The van der Waals surface area contributed by atoms with Crippen molar-refractivity contribution in [3.63, 3.8) is 0 Å². The van der Waals surface area contributed by atoms with Crippen molar-refractivity contribution in [3.8, 4) is 0 Å². The van der Waals surface area contributed by atoms with Gasteiger partial charge < -0.3 is 24.3 Å². The number of likely N-dealkylation sites (N-methyl/N-ethyl adjacent to an activating group) is 1. The van der Waals surface area contributed by atoms with Gasteiger partial charge in [-0.25, -0.2) is 4.79 Å². The molecule has 1 aromatic rings. The van der Waals surface area contributed by atoms with Gasteiger partial charge in [0.2, 0.25) is 17.7 Å². The number of hydrogen-bond donors (Lipinski definition) is 1. The number of nitrogens with zero attached hydrogens (tertiary/aromatic N) is 3. The van der Waals surface area contributed by atoms with E-state index in [0.717, 1.165) is 56.7 Å². The molecular weight excluding hydrogens is 564 g/mol. The molecular formula is C32H52N4O6Si. The van der Waals surface area contributed by atoms with Gasteiger partial charge in [0, 0.05) is 46.3 Å². The molecule has 4 amide bonds. The maximum Gasteiger partial charge on any atom is 0.410 e. The fourth-order valence-corrected chi connectivity index (χ4v) is 7.95. The third-order valence-electron chi connectivity index (χ3n) is 8.38. The second kappa shape index (κ2) is 17.4. The van der Waals surface area contributed by atoms with Crippen LogP contribution in [0.5, 0.6) is 0 Å². The second-order valence-corrected chi connectivity index (χ2v) is 16.6. The number of likely N-dealkylation sites (tertiary alicyclic amines) is 2. The highest BCUT2D eigenvalue weighted by Crippen LogP contribution is 2.26. The summed E-state index contributed by atoms with van der Waals surface area (Å²) in [6.07, 6.45) is 6.07. The van der Waals surface area contributed by atoms with E-state index in [1.54, 1.807) is 16.8 Å². The maximum absolute atomic E-state index is 13.6. The fourth-order valence-electron chi connectivity index (χ4n) is 5.99. The van der Waals surface area contributed by atoms with Gasteiger partial charge in [0.15, 0.2) is 8.32 Å². The van der Waals surface area contributed by atoms with Gasteiger partial charge in [0.25, 0.3) is 0 Å². The molecule has 10 nitrogen and oxygen atoms in total. The Morgan fingerprint density at radius 2 is 1.65 bits per heavy atom. The lowest BCUT2D eigenvalue weighted by molar-refractivity contribution is -0.145. The number of ether oxygens (including phenoxy) is 1. The van der Waals surface area contributed by atoms with Crippen LogP contribution in [0, 0.1) is 0 Å². The van der Waals surface area contributed by atoms with E-state index in [1.165, 1.54) is 4.90 Å². The van der Waals surface area contributed by atoms with E-state index >= 15 is 0 Å². The Morgan fingerprint density at radius 3 is 2.37 bits per heavy atom. The molecule has 2 heterocycles. The Balaban J connectivity index is 1.36. The first-order chi connectivity index (χ1) is 20.6. The van der Waals surface area contributed by atoms with Crippen molar-refractivity contribution in [2.75, 3.05) is 39.8 Å². The predicted octanol–water partition coefficient (Wildman–Crippen LogP) is 4.55. The minimum absolute atomic E-state index is 0.0571. The summed E-state index contributed by atoms with van der Waals surface area (Å²) in [5.41, 5.74) is 0.893. The van der Waals surface area contributed by atoms with Crippen LogP contribution in [0.2, 0.25) is 19.1 Å². The van der Waals surface area contributed by atoms with Gasteiger partial charge in [0.1, 0.15) is 18.7 Å². The van der Waals surface area contributed by atoms with Crippen LogP contribution in [0.25, 0.3) is 0 Å². The van der Waals surface area contributed by atoms with Crippen LogP contribution < -0.4 is 5.32 Å². The number of rotatable bonds is 16. The average molecular weight is 617 g/mol. The highest BCUT2D eigenvalue weighted by Gasteiger charge is 2.43. The van der Waals surface area contributed by atoms with Crippen LogP contribution in [0.15, 0.2) is 30.3 Å². The van der Waals surface area contributed by atoms with Crippen molar-refractivity contribution in [2.45, 2.75) is 103 Å². The third-order valence-corrected chi connectivity index (χ3v) is 11.0. The minimum Gasteiger partial charge on any atom is -0.445 e. The van der Waals surface area contributed by atoms with E-state index < -0.39 is 26.5 Å². The average Bonchev–Trinajstić information content (AvgIpc) is 3.68. The van der Waals surface area contributed by atoms with E-state index in [9.17, 15) is 19.2 Å². The van der Waals surface area contributed by atoms with Crippen LogP contribution in [0.3, 0.4) is 0 Å². The summed E-state index contributed by atoms with van der Waals surface area (Å²) in [6, 6.07) is 9.41. The zero-order valence-corrected chi connectivity index (χ0v) is 27.6. The number of nitrogens with one attached hydrogen (secondary N) is 1. The molecule has 1 N–H and O–H groups in total. The second-order valence-electron chi connectivity index (χ2n) is 12.3. The molecule has 0 aliphatic carbocycles. The van der Waals surface area contributed by atoms with Gasteiger partial charge in [0.05, 0.1) is 0 Å². The Hall–Kier alpha value is -2.92. The van der Waals surface area contributed by atoms with Crippen LogP contribution in [0.4, 0.5) is 4.79 Å². The molecule has 11 heteroatoms. The molecule has 0 spiro atoms. The number of amides is 4. The molecule has 2 unspecified atom stereocenters. The maximum atomic E-state index is 13.6. The van der Waals surface area contributed by atoms with Crippen LogP contribution in [-0.4, -0.2) is 98.7 Å². The molecule has 1 aromatic carbocycles. The van der Waals surface area contributed by atoms with Crippen LogP contribution in [0.1, 0.15) is 70.3 Å². The molecule has 43 heavy (non-hydrogen) atoms. The zero-order valence-electron chi connectivity index (χ0n) is 26.6. The van der Waals surface area contributed by atoms with Gasteiger partial charge in [-0.3, -0.25) is 19.3 Å². The van der Waals surface area contributed by atoms with E-state index in [4.69, 9.17) is 9.16 Å². The number of unbranched alkanes of at least 4 members (excludes halogenated alkanes) is 2. The molecule has 0 saturated carbocycles. The normalized spacial score (nSPS) is 18.5. The molecule has 2 atom stereocenters. The first kappa shape index (κ1) is 34.6. The Kier molecular flexibility index (Phi) is 14.0. The van der Waals surface area contributed by atoms with Gasteiger partial charge in [-0.15, -0.1) is 0 Å². The zero-order chi connectivity index (χ0) is 31.2. The summed E-state index contributed by atoms with van der Waals surface area (Å²) in [5, 5.41) is 3.01. The lowest BCUT2D eigenvalue weighted by Gasteiger charge is -2.32. The van der Waals surface area contributed by atoms with Crippen molar-refractivity contribution in [3.05, 3.63) is 35.9 Å². The Labute approximate surface area is 258 Å². The monoisotopic (exact) mass is 616 g/mol. The first-order valence-electron chi connectivity index (χ1n) is 16.1. The van der Waals surface area contributed by atoms with Crippen LogP contribution >= 0.6 is 0 Å². The summed E-state index contributed by atoms with van der Waals surface area (Å²) in [6.45, 7) is 9.60. The quantitative estimate of drug-likeness (QED) is 0.216. The molecule has 240 valence electrons. The Bertz CT molecular complexity index is 1060. The third kappa shape index (κ3) is 10.9. The topological polar surface area (TPSA) is 108 Å². The predicted molar refractivity (Wildman–Crippen MR) is 169 cm³/mol. The molecule has 0 bridgehead atoms. The summed E-state index contributed by atoms with van der Waals surface area (Å²) in [4.78, 5) is 56.8. The minimum atomic E-state index is -1.61. The first-order valence-corrected chi connectivity index (χ1v) is 19.2. The van der Waals surface area contributed by atoms with Crippen molar-refractivity contribution in [1.29, 1.82) is 0 Å². The largest absolute Gasteiger partial charge is 0.445 e. The van der Waals surface area contributed by atoms with Crippen molar-refractivity contribution < 1.29 is 28.3 Å². The number of hydrogen-bond acceptors (Lipinski definition) is 6. The Morgan fingerprint density at radius 1 is 0.953 bits per heavy atom. The smallest absolute Gasteiger partial charge is 0.410 e. The SMILES string of the molecule is CCO[Si](C)(C)CCCNC(=O)CCCCCN(C)C(=O)C1CCCN1C(=O)C1CCCN1C(=O)OCc1ccccc1. The molecule has 0 aromatic heterocycles. The molecule has 2 fully saturated rings. The van der Waals surface area contributed by atoms with Gasteiger partial charge in [-0.2, -0.15) is 0 Å². The van der Waals surface area contributed by atoms with E-state index in [0.29, 0.717) is 45.4 Å². The van der Waals surface area contributed by atoms with Crippen molar-refractivity contribution >= 4 is 32.1 Å². The van der Waals surface area contributed by atoms with Gasteiger partial charge in [-0.1, -0.05) is 36.8 Å². The lowest BCUT2D eigenvalue weighted by atomic mass is 10.1. The van der Waals surface area contributed by atoms with Crippen LogP contribution in [-0.2, 0) is 30.2 Å². The van der Waals surface area contributed by atoms with Crippen molar-refractivity contribution in [2.24, 2.45) is 0 Å². The van der Waals surface area contributed by atoms with E-state index in [1.807, 2.05) is 37.3 Å². The summed E-state index contributed by atoms with van der Waals surface area (Å²) < 4.78 is 11.3. The fraction of sp³-hybridized carbons (Fsp3) is 0.688. The van der Waals surface area contributed by atoms with Crippen molar-refractivity contribution in [1.82, 2.24) is 20.0 Å². The highest BCUT2D eigenvalue weighted by molar-refractivity contribution is 6.71. The standard InChI is InChI=1S/C32H52N4O6Si/c1-5-42-43(3,4)24-14-20-33-29(37)19-10-7-11-21-34(2)30(38)27-17-12-22-35(27)31(39)28-18-13-23-36(28)32(40)41-25-26-15-8-6-9-16-26/h6,8-9,15-16,27-28H,5,7,10-14,17-25H2,1-4H3,(H,33,37). The molecule has 2 aliphatic rings.